The lowest BCUT2D eigenvalue weighted by atomic mass is 10.2. The summed E-state index contributed by atoms with van der Waals surface area (Å²) in [5.41, 5.74) is 1.03. The third-order valence-electron chi connectivity index (χ3n) is 2.57. The highest BCUT2D eigenvalue weighted by atomic mass is 79.9. The van der Waals surface area contributed by atoms with E-state index in [2.05, 4.69) is 27.8 Å². The third kappa shape index (κ3) is 4.68. The Morgan fingerprint density at radius 2 is 1.82 bits per heavy atom. The van der Waals surface area contributed by atoms with Gasteiger partial charge in [0.2, 0.25) is 0 Å². The van der Waals surface area contributed by atoms with E-state index < -0.39 is 9.84 Å². The number of alkyl halides is 1. The summed E-state index contributed by atoms with van der Waals surface area (Å²) < 4.78 is 22.6. The zero-order valence-corrected chi connectivity index (χ0v) is 12.8. The Morgan fingerprint density at radius 3 is 2.24 bits per heavy atom. The highest BCUT2D eigenvalue weighted by molar-refractivity contribution is 9.09. The van der Waals surface area contributed by atoms with E-state index in [1.165, 1.54) is 6.26 Å². The SMILES string of the molecule is CC(Br)CCN(C)c1ccc(S(C)(=O)=O)cc1. The smallest absolute Gasteiger partial charge is 0.175 e. The second-order valence-corrected chi connectivity index (χ2v) is 7.84. The van der Waals surface area contributed by atoms with Gasteiger partial charge in [-0.25, -0.2) is 8.42 Å². The zero-order valence-electron chi connectivity index (χ0n) is 10.4. The van der Waals surface area contributed by atoms with Crippen LogP contribution in [0.5, 0.6) is 0 Å². The Balaban J connectivity index is 2.74. The maximum Gasteiger partial charge on any atom is 0.175 e. The first-order chi connectivity index (χ1) is 7.80. The maximum atomic E-state index is 11.3. The van der Waals surface area contributed by atoms with Gasteiger partial charge in [-0.2, -0.15) is 0 Å². The number of nitrogens with zero attached hydrogens (tertiary/aromatic N) is 1. The molecule has 0 spiro atoms. The molecule has 5 heteroatoms. The molecule has 96 valence electrons. The van der Waals surface area contributed by atoms with Crippen molar-refractivity contribution >= 4 is 31.5 Å². The van der Waals surface area contributed by atoms with Crippen LogP contribution < -0.4 is 4.90 Å². The fraction of sp³-hybridized carbons (Fsp3) is 0.500. The predicted octanol–water partition coefficient (Wildman–Crippen LogP) is 2.70. The van der Waals surface area contributed by atoms with Crippen LogP contribution in [0.25, 0.3) is 0 Å². The van der Waals surface area contributed by atoms with Crippen molar-refractivity contribution in [3.8, 4) is 0 Å². The van der Waals surface area contributed by atoms with Gasteiger partial charge < -0.3 is 4.90 Å². The van der Waals surface area contributed by atoms with Gasteiger partial charge in [0, 0.05) is 30.4 Å². The molecule has 1 aromatic rings. The minimum atomic E-state index is -3.10. The van der Waals surface area contributed by atoms with Crippen molar-refractivity contribution in [2.45, 2.75) is 23.1 Å². The van der Waals surface area contributed by atoms with E-state index in [9.17, 15) is 8.42 Å². The van der Waals surface area contributed by atoms with Crippen LogP contribution in [0.2, 0.25) is 0 Å². The van der Waals surface area contributed by atoms with E-state index in [1.807, 2.05) is 19.2 Å². The summed E-state index contributed by atoms with van der Waals surface area (Å²) >= 11 is 3.51. The van der Waals surface area contributed by atoms with Crippen molar-refractivity contribution in [2.75, 3.05) is 24.7 Å². The van der Waals surface area contributed by atoms with E-state index in [0.29, 0.717) is 9.72 Å². The lowest BCUT2D eigenvalue weighted by Crippen LogP contribution is -2.20. The second-order valence-electron chi connectivity index (χ2n) is 4.26. The van der Waals surface area contributed by atoms with Gasteiger partial charge in [0.1, 0.15) is 0 Å². The standard InChI is InChI=1S/C12H18BrNO2S/c1-10(13)8-9-14(2)11-4-6-12(7-5-11)17(3,15)16/h4-7,10H,8-9H2,1-3H3. The summed E-state index contributed by atoms with van der Waals surface area (Å²) in [5.74, 6) is 0. The molecule has 0 N–H and O–H groups in total. The van der Waals surface area contributed by atoms with Crippen molar-refractivity contribution in [1.82, 2.24) is 0 Å². The fourth-order valence-corrected chi connectivity index (χ4v) is 2.28. The molecule has 0 radical (unpaired) electrons. The number of hydrogen-bond donors (Lipinski definition) is 0. The highest BCUT2D eigenvalue weighted by Gasteiger charge is 2.08. The van der Waals surface area contributed by atoms with Crippen molar-refractivity contribution < 1.29 is 8.42 Å². The average Bonchev–Trinajstić information content (AvgIpc) is 2.25. The number of anilines is 1. The maximum absolute atomic E-state index is 11.3. The molecule has 0 aromatic heterocycles. The summed E-state index contributed by atoms with van der Waals surface area (Å²) in [6.07, 6.45) is 2.27. The first-order valence-electron chi connectivity index (χ1n) is 5.46. The molecule has 1 rings (SSSR count). The normalized spacial score (nSPS) is 13.4. The summed E-state index contributed by atoms with van der Waals surface area (Å²) in [6.45, 7) is 3.05. The van der Waals surface area contributed by atoms with E-state index >= 15 is 0 Å². The van der Waals surface area contributed by atoms with Crippen molar-refractivity contribution in [2.24, 2.45) is 0 Å². The van der Waals surface area contributed by atoms with Crippen LogP contribution in [0.1, 0.15) is 13.3 Å². The monoisotopic (exact) mass is 319 g/mol. The topological polar surface area (TPSA) is 37.4 Å². The molecule has 0 aliphatic heterocycles. The summed E-state index contributed by atoms with van der Waals surface area (Å²) in [6, 6.07) is 6.99. The molecule has 1 atom stereocenters. The second kappa shape index (κ2) is 5.87. The largest absolute Gasteiger partial charge is 0.375 e. The fourth-order valence-electron chi connectivity index (χ4n) is 1.45. The summed E-state index contributed by atoms with van der Waals surface area (Å²) in [5, 5.41) is 0. The zero-order chi connectivity index (χ0) is 13.1. The van der Waals surface area contributed by atoms with E-state index in [4.69, 9.17) is 0 Å². The van der Waals surface area contributed by atoms with E-state index in [1.54, 1.807) is 12.1 Å². The molecule has 0 amide bonds. The summed E-state index contributed by atoms with van der Waals surface area (Å²) in [4.78, 5) is 2.97. The van der Waals surface area contributed by atoms with Crippen LogP contribution in [0.15, 0.2) is 29.2 Å². The van der Waals surface area contributed by atoms with Gasteiger partial charge in [0.25, 0.3) is 0 Å². The van der Waals surface area contributed by atoms with Gasteiger partial charge in [-0.3, -0.25) is 0 Å². The minimum absolute atomic E-state index is 0.364. The molecular formula is C12H18BrNO2S. The Bertz CT molecular complexity index is 454. The molecule has 0 heterocycles. The Hall–Kier alpha value is -0.550. The first-order valence-corrected chi connectivity index (χ1v) is 8.27. The number of sulfone groups is 1. The Labute approximate surface area is 112 Å². The van der Waals surface area contributed by atoms with Gasteiger partial charge in [-0.15, -0.1) is 0 Å². The molecule has 0 fully saturated rings. The molecule has 0 aliphatic rings. The predicted molar refractivity (Wildman–Crippen MR) is 75.8 cm³/mol. The molecule has 0 aliphatic carbocycles. The van der Waals surface area contributed by atoms with Crippen LogP contribution in [-0.4, -0.2) is 33.1 Å². The van der Waals surface area contributed by atoms with Crippen LogP contribution in [0.3, 0.4) is 0 Å². The van der Waals surface area contributed by atoms with Gasteiger partial charge in [-0.1, -0.05) is 22.9 Å². The molecule has 17 heavy (non-hydrogen) atoms. The van der Waals surface area contributed by atoms with E-state index in [0.717, 1.165) is 18.7 Å². The van der Waals surface area contributed by atoms with Crippen LogP contribution in [0.4, 0.5) is 5.69 Å². The number of halogens is 1. The molecule has 1 aromatic carbocycles. The molecule has 1 unspecified atom stereocenters. The van der Waals surface area contributed by atoms with Gasteiger partial charge in [-0.05, 0) is 30.7 Å². The molecule has 0 bridgehead atoms. The average molecular weight is 320 g/mol. The van der Waals surface area contributed by atoms with Gasteiger partial charge in [0.05, 0.1) is 4.90 Å². The van der Waals surface area contributed by atoms with Gasteiger partial charge in [0.15, 0.2) is 9.84 Å². The molecule has 0 saturated carbocycles. The lowest BCUT2D eigenvalue weighted by Gasteiger charge is -2.20. The van der Waals surface area contributed by atoms with Crippen molar-refractivity contribution in [3.05, 3.63) is 24.3 Å². The minimum Gasteiger partial charge on any atom is -0.375 e. The molecular weight excluding hydrogens is 302 g/mol. The third-order valence-corrected chi connectivity index (χ3v) is 4.15. The quantitative estimate of drug-likeness (QED) is 0.783. The Morgan fingerprint density at radius 1 is 1.29 bits per heavy atom. The lowest BCUT2D eigenvalue weighted by molar-refractivity contribution is 0.602. The molecule has 3 nitrogen and oxygen atoms in total. The van der Waals surface area contributed by atoms with Crippen LogP contribution >= 0.6 is 15.9 Å². The van der Waals surface area contributed by atoms with Crippen LogP contribution in [0, 0.1) is 0 Å². The Kier molecular flexibility index (Phi) is 5.01. The number of rotatable bonds is 5. The van der Waals surface area contributed by atoms with Crippen LogP contribution in [-0.2, 0) is 9.84 Å². The van der Waals surface area contributed by atoms with Crippen molar-refractivity contribution in [3.63, 3.8) is 0 Å². The van der Waals surface area contributed by atoms with Gasteiger partial charge >= 0.3 is 0 Å². The summed E-state index contributed by atoms with van der Waals surface area (Å²) in [7, 11) is -1.09. The van der Waals surface area contributed by atoms with Crippen molar-refractivity contribution in [1.29, 1.82) is 0 Å². The first kappa shape index (κ1) is 14.5. The van der Waals surface area contributed by atoms with E-state index in [-0.39, 0.29) is 0 Å². The highest BCUT2D eigenvalue weighted by Crippen LogP contribution is 2.17. The molecule has 0 saturated heterocycles. The number of benzene rings is 1. The number of hydrogen-bond acceptors (Lipinski definition) is 3.